The maximum absolute atomic E-state index is 13.0. The van der Waals surface area contributed by atoms with Crippen LogP contribution in [0.2, 0.25) is 0 Å². The molecule has 3 aromatic rings. The Hall–Kier alpha value is -2.61. The molecule has 3 rings (SSSR count). The number of benzene rings is 2. The van der Waals surface area contributed by atoms with E-state index in [1.165, 1.54) is 0 Å². The van der Waals surface area contributed by atoms with Crippen molar-refractivity contribution < 1.29 is 18.0 Å². The fourth-order valence-electron chi connectivity index (χ4n) is 2.18. The fourth-order valence-corrected chi connectivity index (χ4v) is 2.44. The first-order valence-electron chi connectivity index (χ1n) is 7.14. The molecule has 0 fully saturated rings. The molecule has 1 N–H and O–H groups in total. The minimum absolute atomic E-state index is 0.207. The Morgan fingerprint density at radius 2 is 1.68 bits per heavy atom. The second-order valence-corrected chi connectivity index (χ2v) is 6.04. The topological polar surface area (TPSA) is 46.9 Å². The molecule has 1 aromatic heterocycles. The molecule has 8 heteroatoms. The number of aromatic nitrogens is 2. The quantitative estimate of drug-likeness (QED) is 0.668. The number of carbonyl (C=O) groups excluding carboxylic acids is 1. The summed E-state index contributed by atoms with van der Waals surface area (Å²) in [6.07, 6.45) is -4.65. The predicted octanol–water partition coefficient (Wildman–Crippen LogP) is 4.91. The van der Waals surface area contributed by atoms with Crippen molar-refractivity contribution in [3.8, 4) is 5.69 Å². The number of nitrogens with zero attached hydrogens (tertiary/aromatic N) is 2. The zero-order chi connectivity index (χ0) is 18.0. The molecule has 128 valence electrons. The lowest BCUT2D eigenvalue weighted by molar-refractivity contribution is -0.141. The Morgan fingerprint density at radius 1 is 1.04 bits per heavy atom. The molecule has 1 amide bonds. The summed E-state index contributed by atoms with van der Waals surface area (Å²) >= 11 is 3.27. The molecule has 0 bridgehead atoms. The van der Waals surface area contributed by atoms with Gasteiger partial charge in [0, 0.05) is 16.2 Å². The zero-order valence-corrected chi connectivity index (χ0v) is 14.2. The lowest BCUT2D eigenvalue weighted by Crippen LogP contribution is -2.16. The summed E-state index contributed by atoms with van der Waals surface area (Å²) in [5.74, 6) is -0.686. The summed E-state index contributed by atoms with van der Waals surface area (Å²) in [6, 6.07) is 15.6. The minimum Gasteiger partial charge on any atom is -0.321 e. The molecule has 2 aromatic carbocycles. The van der Waals surface area contributed by atoms with E-state index in [0.29, 0.717) is 11.4 Å². The molecule has 0 saturated heterocycles. The monoisotopic (exact) mass is 409 g/mol. The van der Waals surface area contributed by atoms with E-state index in [0.717, 1.165) is 15.2 Å². The first-order chi connectivity index (χ1) is 11.8. The van der Waals surface area contributed by atoms with Crippen molar-refractivity contribution in [1.29, 1.82) is 0 Å². The average Bonchev–Trinajstić information content (AvgIpc) is 3.03. The molecule has 0 spiro atoms. The molecular formula is C17H11BrF3N3O. The Morgan fingerprint density at radius 3 is 2.28 bits per heavy atom. The van der Waals surface area contributed by atoms with Crippen LogP contribution >= 0.6 is 15.9 Å². The van der Waals surface area contributed by atoms with Gasteiger partial charge in [-0.25, -0.2) is 4.68 Å². The van der Waals surface area contributed by atoms with Gasteiger partial charge in [0.05, 0.1) is 5.69 Å². The van der Waals surface area contributed by atoms with Crippen LogP contribution in [0, 0.1) is 0 Å². The van der Waals surface area contributed by atoms with Crippen LogP contribution < -0.4 is 5.32 Å². The normalized spacial score (nSPS) is 11.4. The van der Waals surface area contributed by atoms with Crippen molar-refractivity contribution in [2.24, 2.45) is 0 Å². The number of hydrogen-bond acceptors (Lipinski definition) is 2. The smallest absolute Gasteiger partial charge is 0.321 e. The molecule has 0 unspecified atom stereocenters. The number of alkyl halides is 3. The van der Waals surface area contributed by atoms with E-state index < -0.39 is 17.8 Å². The molecule has 0 aliphatic carbocycles. The van der Waals surface area contributed by atoms with Crippen molar-refractivity contribution in [3.05, 3.63) is 76.5 Å². The van der Waals surface area contributed by atoms with E-state index in [2.05, 4.69) is 26.3 Å². The van der Waals surface area contributed by atoms with Gasteiger partial charge in [-0.2, -0.15) is 18.3 Å². The number of anilines is 1. The maximum atomic E-state index is 13.0. The highest BCUT2D eigenvalue weighted by Crippen LogP contribution is 2.30. The van der Waals surface area contributed by atoms with E-state index in [-0.39, 0.29) is 5.69 Å². The third-order valence-corrected chi connectivity index (χ3v) is 3.86. The summed E-state index contributed by atoms with van der Waals surface area (Å²) in [7, 11) is 0. The fraction of sp³-hybridized carbons (Fsp3) is 0.0588. The number of halogens is 4. The highest BCUT2D eigenvalue weighted by Gasteiger charge is 2.36. The average molecular weight is 410 g/mol. The molecule has 0 aliphatic heterocycles. The second-order valence-electron chi connectivity index (χ2n) is 5.12. The maximum Gasteiger partial charge on any atom is 0.435 e. The molecule has 0 radical (unpaired) electrons. The summed E-state index contributed by atoms with van der Waals surface area (Å²) in [5, 5.41) is 6.12. The first-order valence-corrected chi connectivity index (χ1v) is 7.93. The van der Waals surface area contributed by atoms with Gasteiger partial charge >= 0.3 is 6.18 Å². The summed E-state index contributed by atoms with van der Waals surface area (Å²) in [6.45, 7) is 0. The highest BCUT2D eigenvalue weighted by atomic mass is 79.9. The van der Waals surface area contributed by atoms with Gasteiger partial charge in [-0.05, 0) is 36.4 Å². The van der Waals surface area contributed by atoms with Crippen LogP contribution in [0.15, 0.2) is 65.1 Å². The van der Waals surface area contributed by atoms with Crippen molar-refractivity contribution in [3.63, 3.8) is 0 Å². The van der Waals surface area contributed by atoms with E-state index in [4.69, 9.17) is 0 Å². The number of rotatable bonds is 3. The number of para-hydroxylation sites is 1. The van der Waals surface area contributed by atoms with Crippen molar-refractivity contribution in [2.45, 2.75) is 6.18 Å². The minimum atomic E-state index is -4.65. The van der Waals surface area contributed by atoms with Gasteiger partial charge in [0.25, 0.3) is 5.91 Å². The third-order valence-electron chi connectivity index (χ3n) is 3.34. The van der Waals surface area contributed by atoms with E-state index in [1.54, 1.807) is 54.6 Å². The largest absolute Gasteiger partial charge is 0.435 e. The van der Waals surface area contributed by atoms with Gasteiger partial charge < -0.3 is 5.32 Å². The molecule has 0 aliphatic rings. The molecule has 4 nitrogen and oxygen atoms in total. The Bertz CT molecular complexity index is 890. The van der Waals surface area contributed by atoms with Gasteiger partial charge in [0.1, 0.15) is 5.69 Å². The van der Waals surface area contributed by atoms with Gasteiger partial charge in [0.15, 0.2) is 5.69 Å². The summed E-state index contributed by atoms with van der Waals surface area (Å²) in [4.78, 5) is 12.5. The van der Waals surface area contributed by atoms with Gasteiger partial charge in [-0.3, -0.25) is 4.79 Å². The molecule has 1 heterocycles. The van der Waals surface area contributed by atoms with Crippen LogP contribution in [0.1, 0.15) is 16.2 Å². The zero-order valence-electron chi connectivity index (χ0n) is 12.6. The highest BCUT2D eigenvalue weighted by molar-refractivity contribution is 9.10. The van der Waals surface area contributed by atoms with Crippen LogP contribution in [0.3, 0.4) is 0 Å². The third kappa shape index (κ3) is 3.90. The Balaban J connectivity index is 2.00. The predicted molar refractivity (Wildman–Crippen MR) is 90.7 cm³/mol. The van der Waals surface area contributed by atoms with Gasteiger partial charge in [0.2, 0.25) is 0 Å². The van der Waals surface area contributed by atoms with Crippen molar-refractivity contribution >= 4 is 27.5 Å². The summed E-state index contributed by atoms with van der Waals surface area (Å²) < 4.78 is 40.9. The van der Waals surface area contributed by atoms with Crippen LogP contribution in [0.25, 0.3) is 5.69 Å². The molecule has 0 saturated carbocycles. The van der Waals surface area contributed by atoms with Crippen LogP contribution in [-0.4, -0.2) is 15.7 Å². The Kier molecular flexibility index (Phi) is 4.63. The number of nitrogens with one attached hydrogen (secondary N) is 1. The van der Waals surface area contributed by atoms with Crippen molar-refractivity contribution in [1.82, 2.24) is 9.78 Å². The first kappa shape index (κ1) is 17.2. The number of amides is 1. The SMILES string of the molecule is O=C(Nc1ccc(Br)cc1)c1cc(C(F)(F)F)nn1-c1ccccc1. The lowest BCUT2D eigenvalue weighted by Gasteiger charge is -2.08. The number of carbonyl (C=O) groups is 1. The van der Waals surface area contributed by atoms with Gasteiger partial charge in [-0.1, -0.05) is 34.1 Å². The standard InChI is InChI=1S/C17H11BrF3N3O/c18-11-6-8-12(9-7-11)22-16(25)14-10-15(17(19,20)21)23-24(14)13-4-2-1-3-5-13/h1-10H,(H,22,25). The Labute approximate surface area is 149 Å². The van der Waals surface area contributed by atoms with E-state index >= 15 is 0 Å². The molecule has 25 heavy (non-hydrogen) atoms. The van der Waals surface area contributed by atoms with Crippen LogP contribution in [-0.2, 0) is 6.18 Å². The second kappa shape index (κ2) is 6.72. The van der Waals surface area contributed by atoms with E-state index in [1.807, 2.05) is 0 Å². The molecule has 0 atom stereocenters. The van der Waals surface area contributed by atoms with Crippen molar-refractivity contribution in [2.75, 3.05) is 5.32 Å². The van der Waals surface area contributed by atoms with Crippen LogP contribution in [0.5, 0.6) is 0 Å². The summed E-state index contributed by atoms with van der Waals surface area (Å²) in [5.41, 5.74) is -0.514. The molecular weight excluding hydrogens is 399 g/mol. The number of hydrogen-bond donors (Lipinski definition) is 1. The van der Waals surface area contributed by atoms with Gasteiger partial charge in [-0.15, -0.1) is 0 Å². The lowest BCUT2D eigenvalue weighted by atomic mass is 10.2. The van der Waals surface area contributed by atoms with Crippen LogP contribution in [0.4, 0.5) is 18.9 Å². The van der Waals surface area contributed by atoms with E-state index in [9.17, 15) is 18.0 Å².